The van der Waals surface area contributed by atoms with Crippen molar-refractivity contribution >= 4 is 16.0 Å². The summed E-state index contributed by atoms with van der Waals surface area (Å²) >= 11 is 0. The van der Waals surface area contributed by atoms with Crippen LogP contribution in [0.25, 0.3) is 0 Å². The third kappa shape index (κ3) is 3.78. The first kappa shape index (κ1) is 15.0. The summed E-state index contributed by atoms with van der Waals surface area (Å²) in [5.41, 5.74) is -0.0426. The van der Waals surface area contributed by atoms with E-state index in [-0.39, 0.29) is 16.4 Å². The summed E-state index contributed by atoms with van der Waals surface area (Å²) in [6, 6.07) is 5.33. The number of carboxylic acid groups (broad SMARTS) is 1. The van der Waals surface area contributed by atoms with Crippen LogP contribution in [-0.2, 0) is 14.8 Å². The molecule has 1 fully saturated rings. The average Bonchev–Trinajstić information content (AvgIpc) is 2.46. The van der Waals surface area contributed by atoms with E-state index >= 15 is 0 Å². The van der Waals surface area contributed by atoms with Crippen molar-refractivity contribution in [2.75, 3.05) is 19.8 Å². The fourth-order valence-corrected chi connectivity index (χ4v) is 3.22. The van der Waals surface area contributed by atoms with Crippen LogP contribution < -0.4 is 4.72 Å². The van der Waals surface area contributed by atoms with Crippen LogP contribution in [0.1, 0.15) is 23.2 Å². The van der Waals surface area contributed by atoms with Crippen LogP contribution in [0.4, 0.5) is 0 Å². The van der Waals surface area contributed by atoms with Crippen LogP contribution in [0.5, 0.6) is 0 Å². The van der Waals surface area contributed by atoms with Gasteiger partial charge in [-0.05, 0) is 37.0 Å². The normalized spacial score (nSPS) is 17.0. The number of nitrogens with one attached hydrogen (secondary N) is 1. The Bertz CT molecular complexity index is 578. The van der Waals surface area contributed by atoms with E-state index in [1.807, 2.05) is 0 Å². The smallest absolute Gasteiger partial charge is 0.335 e. The number of rotatable bonds is 5. The maximum Gasteiger partial charge on any atom is 0.335 e. The average molecular weight is 299 g/mol. The van der Waals surface area contributed by atoms with E-state index in [2.05, 4.69) is 4.72 Å². The molecule has 0 atom stereocenters. The van der Waals surface area contributed by atoms with Gasteiger partial charge in [0.15, 0.2) is 0 Å². The zero-order valence-corrected chi connectivity index (χ0v) is 11.7. The van der Waals surface area contributed by atoms with E-state index in [9.17, 15) is 13.2 Å². The van der Waals surface area contributed by atoms with Crippen LogP contribution in [0.2, 0.25) is 0 Å². The van der Waals surface area contributed by atoms with Crippen molar-refractivity contribution < 1.29 is 23.1 Å². The lowest BCUT2D eigenvalue weighted by Crippen LogP contribution is -2.32. The molecule has 0 saturated carbocycles. The molecule has 2 rings (SSSR count). The molecule has 0 aromatic heterocycles. The standard InChI is InChI=1S/C13H17NO5S/c15-13(16)11-2-1-3-12(8-11)20(17,18)14-9-10-4-6-19-7-5-10/h1-3,8,10,14H,4-7,9H2,(H,15,16). The molecule has 0 radical (unpaired) electrons. The van der Waals surface area contributed by atoms with Crippen LogP contribution in [0.3, 0.4) is 0 Å². The minimum absolute atomic E-state index is 0.0236. The summed E-state index contributed by atoms with van der Waals surface area (Å²) in [5, 5.41) is 8.88. The van der Waals surface area contributed by atoms with Crippen molar-refractivity contribution in [2.24, 2.45) is 5.92 Å². The third-order valence-corrected chi connectivity index (χ3v) is 4.72. The maximum atomic E-state index is 12.1. The highest BCUT2D eigenvalue weighted by atomic mass is 32.2. The second kappa shape index (κ2) is 6.34. The Morgan fingerprint density at radius 2 is 2.05 bits per heavy atom. The van der Waals surface area contributed by atoms with Gasteiger partial charge >= 0.3 is 5.97 Å². The quantitative estimate of drug-likeness (QED) is 0.849. The predicted octanol–water partition coefficient (Wildman–Crippen LogP) is 1.09. The number of ether oxygens (including phenoxy) is 1. The minimum atomic E-state index is -3.67. The number of hydrogen-bond donors (Lipinski definition) is 2. The third-order valence-electron chi connectivity index (χ3n) is 3.29. The van der Waals surface area contributed by atoms with E-state index < -0.39 is 16.0 Å². The van der Waals surface area contributed by atoms with Crippen molar-refractivity contribution in [3.05, 3.63) is 29.8 Å². The SMILES string of the molecule is O=C(O)c1cccc(S(=O)(=O)NCC2CCOCC2)c1. The molecule has 0 amide bonds. The van der Waals surface area contributed by atoms with Gasteiger partial charge in [0, 0.05) is 19.8 Å². The largest absolute Gasteiger partial charge is 0.478 e. The lowest BCUT2D eigenvalue weighted by atomic mass is 10.0. The lowest BCUT2D eigenvalue weighted by molar-refractivity contribution is 0.0677. The van der Waals surface area contributed by atoms with Gasteiger partial charge in [0.05, 0.1) is 10.5 Å². The minimum Gasteiger partial charge on any atom is -0.478 e. The second-order valence-corrected chi connectivity index (χ2v) is 6.51. The van der Waals surface area contributed by atoms with Gasteiger partial charge in [-0.2, -0.15) is 0 Å². The predicted molar refractivity (Wildman–Crippen MR) is 72.1 cm³/mol. The molecular weight excluding hydrogens is 282 g/mol. The molecule has 20 heavy (non-hydrogen) atoms. The first-order valence-corrected chi connectivity index (χ1v) is 7.88. The number of hydrogen-bond acceptors (Lipinski definition) is 4. The van der Waals surface area contributed by atoms with Crippen molar-refractivity contribution in [2.45, 2.75) is 17.7 Å². The highest BCUT2D eigenvalue weighted by Crippen LogP contribution is 2.16. The number of aromatic carboxylic acids is 1. The van der Waals surface area contributed by atoms with Gasteiger partial charge in [-0.3, -0.25) is 0 Å². The highest BCUT2D eigenvalue weighted by Gasteiger charge is 2.19. The number of sulfonamides is 1. The zero-order valence-electron chi connectivity index (χ0n) is 10.9. The summed E-state index contributed by atoms with van der Waals surface area (Å²) in [7, 11) is -3.67. The van der Waals surface area contributed by atoms with Gasteiger partial charge in [-0.25, -0.2) is 17.9 Å². The molecular formula is C13H17NO5S. The molecule has 2 N–H and O–H groups in total. The Labute approximate surface area is 117 Å². The molecule has 1 aliphatic rings. The van der Waals surface area contributed by atoms with Crippen LogP contribution in [-0.4, -0.2) is 39.3 Å². The Morgan fingerprint density at radius 1 is 1.35 bits per heavy atom. The Hall–Kier alpha value is -1.44. The fraction of sp³-hybridized carbons (Fsp3) is 0.462. The van der Waals surface area contributed by atoms with E-state index in [1.54, 1.807) is 0 Å². The first-order valence-electron chi connectivity index (χ1n) is 6.40. The Kier molecular flexibility index (Phi) is 4.74. The molecule has 0 aliphatic carbocycles. The summed E-state index contributed by atoms with van der Waals surface area (Å²) in [4.78, 5) is 10.8. The molecule has 0 bridgehead atoms. The Balaban J connectivity index is 2.05. The topological polar surface area (TPSA) is 92.7 Å². The van der Waals surface area contributed by atoms with Gasteiger partial charge < -0.3 is 9.84 Å². The molecule has 0 unspecified atom stereocenters. The van der Waals surface area contributed by atoms with Crippen molar-refractivity contribution in [1.29, 1.82) is 0 Å². The second-order valence-electron chi connectivity index (χ2n) is 4.74. The number of carboxylic acids is 1. The van der Waals surface area contributed by atoms with Crippen molar-refractivity contribution in [1.82, 2.24) is 4.72 Å². The summed E-state index contributed by atoms with van der Waals surface area (Å²) in [5.74, 6) is -0.882. The van der Waals surface area contributed by atoms with Gasteiger partial charge in [-0.1, -0.05) is 6.07 Å². The van der Waals surface area contributed by atoms with Crippen LogP contribution in [0, 0.1) is 5.92 Å². The van der Waals surface area contributed by atoms with E-state index in [0.717, 1.165) is 18.9 Å². The highest BCUT2D eigenvalue weighted by molar-refractivity contribution is 7.89. The van der Waals surface area contributed by atoms with Crippen molar-refractivity contribution in [3.8, 4) is 0 Å². The van der Waals surface area contributed by atoms with Gasteiger partial charge in [0.25, 0.3) is 0 Å². The van der Waals surface area contributed by atoms with Gasteiger partial charge in [0.1, 0.15) is 0 Å². The molecule has 1 saturated heterocycles. The van der Waals surface area contributed by atoms with E-state index in [4.69, 9.17) is 9.84 Å². The summed E-state index contributed by atoms with van der Waals surface area (Å²) < 4.78 is 32.0. The van der Waals surface area contributed by atoms with Crippen LogP contribution >= 0.6 is 0 Å². The maximum absolute atomic E-state index is 12.1. The number of benzene rings is 1. The summed E-state index contributed by atoms with van der Waals surface area (Å²) in [6.07, 6.45) is 1.66. The molecule has 110 valence electrons. The lowest BCUT2D eigenvalue weighted by Gasteiger charge is -2.22. The molecule has 0 spiro atoms. The molecule has 1 aromatic rings. The molecule has 1 heterocycles. The molecule has 7 heteroatoms. The number of carbonyl (C=O) groups is 1. The van der Waals surface area contributed by atoms with Crippen LogP contribution in [0.15, 0.2) is 29.2 Å². The zero-order chi connectivity index (χ0) is 14.6. The molecule has 6 nitrogen and oxygen atoms in total. The first-order chi connectivity index (χ1) is 9.49. The fourth-order valence-electron chi connectivity index (χ4n) is 2.06. The van der Waals surface area contributed by atoms with E-state index in [0.29, 0.717) is 19.8 Å². The van der Waals surface area contributed by atoms with E-state index in [1.165, 1.54) is 18.2 Å². The monoisotopic (exact) mass is 299 g/mol. The van der Waals surface area contributed by atoms with Gasteiger partial charge in [-0.15, -0.1) is 0 Å². The Morgan fingerprint density at radius 3 is 2.70 bits per heavy atom. The summed E-state index contributed by atoms with van der Waals surface area (Å²) in [6.45, 7) is 1.66. The molecule has 1 aliphatic heterocycles. The van der Waals surface area contributed by atoms with Gasteiger partial charge in [0.2, 0.25) is 10.0 Å². The molecule has 1 aromatic carbocycles. The van der Waals surface area contributed by atoms with Crippen molar-refractivity contribution in [3.63, 3.8) is 0 Å².